The van der Waals surface area contributed by atoms with Crippen LogP contribution in [0.1, 0.15) is 40.3 Å². The molecule has 2 nitrogen and oxygen atoms in total. The minimum Gasteiger partial charge on any atom is -0.304 e. The zero-order valence-electron chi connectivity index (χ0n) is 14.7. The predicted molar refractivity (Wildman–Crippen MR) is 103 cm³/mol. The predicted octanol–water partition coefficient (Wildman–Crippen LogP) is 4.01. The lowest BCUT2D eigenvalue weighted by atomic mass is 9.86. The molecule has 1 aliphatic heterocycles. The summed E-state index contributed by atoms with van der Waals surface area (Å²) in [6, 6.07) is 11.5. The maximum Gasteiger partial charge on any atom is 0.0110 e. The maximum atomic E-state index is 2.65. The molecule has 1 aliphatic carbocycles. The van der Waals surface area contributed by atoms with E-state index in [1.807, 2.05) is 11.3 Å². The summed E-state index contributed by atoms with van der Waals surface area (Å²) in [6.07, 6.45) is 5.02. The first kappa shape index (κ1) is 16.3. The summed E-state index contributed by atoms with van der Waals surface area (Å²) in [5.74, 6) is 0.609. The van der Waals surface area contributed by atoms with Gasteiger partial charge in [-0.15, -0.1) is 11.3 Å². The van der Waals surface area contributed by atoms with Gasteiger partial charge in [0.2, 0.25) is 0 Å². The monoisotopic (exact) mass is 340 g/mol. The highest BCUT2D eigenvalue weighted by Gasteiger charge is 2.24. The normalized spacial score (nSPS) is 22.0. The highest BCUT2D eigenvalue weighted by Crippen LogP contribution is 2.39. The van der Waals surface area contributed by atoms with E-state index in [2.05, 4.69) is 52.6 Å². The van der Waals surface area contributed by atoms with Crippen LogP contribution in [-0.2, 0) is 12.8 Å². The van der Waals surface area contributed by atoms with E-state index in [0.29, 0.717) is 5.92 Å². The quantitative estimate of drug-likeness (QED) is 0.830. The highest BCUT2D eigenvalue weighted by molar-refractivity contribution is 7.10. The number of aryl methyl sites for hydroxylation is 2. The largest absolute Gasteiger partial charge is 0.304 e. The molecule has 1 saturated heterocycles. The van der Waals surface area contributed by atoms with Crippen LogP contribution in [0.5, 0.6) is 0 Å². The van der Waals surface area contributed by atoms with Crippen LogP contribution in [0.25, 0.3) is 0 Å². The van der Waals surface area contributed by atoms with Crippen molar-refractivity contribution in [3.8, 4) is 0 Å². The third-order valence-electron chi connectivity index (χ3n) is 5.77. The minimum absolute atomic E-state index is 0.609. The Bertz CT molecular complexity index is 670. The number of nitrogens with zero attached hydrogens (tertiary/aromatic N) is 2. The lowest BCUT2D eigenvalue weighted by Gasteiger charge is -2.32. The summed E-state index contributed by atoms with van der Waals surface area (Å²) in [7, 11) is 2.23. The third kappa shape index (κ3) is 3.44. The molecule has 3 heteroatoms. The number of rotatable bonds is 4. The van der Waals surface area contributed by atoms with Gasteiger partial charge in [-0.3, -0.25) is 0 Å². The fourth-order valence-electron chi connectivity index (χ4n) is 4.28. The molecule has 0 N–H and O–H groups in total. The summed E-state index contributed by atoms with van der Waals surface area (Å²) >= 11 is 1.96. The van der Waals surface area contributed by atoms with Gasteiger partial charge in [0.15, 0.2) is 0 Å². The van der Waals surface area contributed by atoms with Crippen LogP contribution in [-0.4, -0.2) is 49.6 Å². The Hall–Kier alpha value is -1.16. The SMILES string of the molecule is CN1CCN(CCCC2c3ccccc3CCc3sccc32)CC1. The van der Waals surface area contributed by atoms with Crippen molar-refractivity contribution >= 4 is 11.3 Å². The van der Waals surface area contributed by atoms with Crippen LogP contribution in [0.15, 0.2) is 35.7 Å². The maximum absolute atomic E-state index is 2.65. The van der Waals surface area contributed by atoms with Crippen LogP contribution in [0.2, 0.25) is 0 Å². The zero-order valence-corrected chi connectivity index (χ0v) is 15.5. The van der Waals surface area contributed by atoms with Gasteiger partial charge >= 0.3 is 0 Å². The molecule has 0 saturated carbocycles. The van der Waals surface area contributed by atoms with Crippen LogP contribution < -0.4 is 0 Å². The lowest BCUT2D eigenvalue weighted by molar-refractivity contribution is 0.152. The zero-order chi connectivity index (χ0) is 16.4. The molecule has 1 atom stereocenters. The Morgan fingerprint density at radius 1 is 1.00 bits per heavy atom. The average Bonchev–Trinajstić information content (AvgIpc) is 3.02. The Labute approximate surface area is 150 Å². The number of likely N-dealkylation sites (N-methyl/N-ethyl adjacent to an activating group) is 1. The Kier molecular flexibility index (Phi) is 5.02. The van der Waals surface area contributed by atoms with Crippen LogP contribution in [0.4, 0.5) is 0 Å². The van der Waals surface area contributed by atoms with Crippen molar-refractivity contribution in [2.24, 2.45) is 0 Å². The molecule has 24 heavy (non-hydrogen) atoms. The molecule has 2 aliphatic rings. The molecule has 0 bridgehead atoms. The smallest absolute Gasteiger partial charge is 0.0110 e. The molecule has 4 rings (SSSR count). The first-order valence-corrected chi connectivity index (χ1v) is 10.2. The first-order valence-electron chi connectivity index (χ1n) is 9.36. The van der Waals surface area contributed by atoms with E-state index in [1.165, 1.54) is 58.4 Å². The van der Waals surface area contributed by atoms with E-state index in [4.69, 9.17) is 0 Å². The molecule has 1 fully saturated rings. The molecular formula is C21H28N2S. The second-order valence-corrected chi connectivity index (χ2v) is 8.34. The molecule has 1 aromatic carbocycles. The summed E-state index contributed by atoms with van der Waals surface area (Å²) in [6.45, 7) is 6.18. The summed E-state index contributed by atoms with van der Waals surface area (Å²) in [5, 5.41) is 2.30. The second kappa shape index (κ2) is 7.38. The van der Waals surface area contributed by atoms with E-state index >= 15 is 0 Å². The van der Waals surface area contributed by atoms with Gasteiger partial charge in [0, 0.05) is 37.0 Å². The van der Waals surface area contributed by atoms with Crippen molar-refractivity contribution in [2.45, 2.75) is 31.6 Å². The van der Waals surface area contributed by atoms with Gasteiger partial charge in [-0.05, 0) is 67.4 Å². The van der Waals surface area contributed by atoms with Gasteiger partial charge in [-0.1, -0.05) is 24.3 Å². The summed E-state index contributed by atoms with van der Waals surface area (Å²) in [4.78, 5) is 6.71. The van der Waals surface area contributed by atoms with Crippen molar-refractivity contribution in [3.05, 3.63) is 57.3 Å². The topological polar surface area (TPSA) is 6.48 Å². The molecule has 2 aromatic rings. The molecule has 2 heterocycles. The number of fused-ring (bicyclic) bond motifs is 2. The van der Waals surface area contributed by atoms with E-state index in [9.17, 15) is 0 Å². The standard InChI is InChI=1S/C21H28N2S/c1-22-12-14-23(15-13-22)11-4-7-19-18-6-3-2-5-17(18)8-9-21-20(19)10-16-24-21/h2-3,5-6,10,16,19H,4,7-9,11-15H2,1H3. The molecule has 0 spiro atoms. The Morgan fingerprint density at radius 3 is 2.71 bits per heavy atom. The fourth-order valence-corrected chi connectivity index (χ4v) is 5.23. The van der Waals surface area contributed by atoms with Gasteiger partial charge in [0.05, 0.1) is 0 Å². The van der Waals surface area contributed by atoms with Gasteiger partial charge in [-0.25, -0.2) is 0 Å². The lowest BCUT2D eigenvalue weighted by Crippen LogP contribution is -2.44. The summed E-state index contributed by atoms with van der Waals surface area (Å²) < 4.78 is 0. The highest BCUT2D eigenvalue weighted by atomic mass is 32.1. The van der Waals surface area contributed by atoms with Gasteiger partial charge in [0.25, 0.3) is 0 Å². The van der Waals surface area contributed by atoms with Crippen molar-refractivity contribution < 1.29 is 0 Å². The second-order valence-electron chi connectivity index (χ2n) is 7.34. The number of hydrogen-bond donors (Lipinski definition) is 0. The van der Waals surface area contributed by atoms with Crippen molar-refractivity contribution in [2.75, 3.05) is 39.8 Å². The average molecular weight is 341 g/mol. The Morgan fingerprint density at radius 2 is 1.83 bits per heavy atom. The molecular weight excluding hydrogens is 312 g/mol. The number of benzene rings is 1. The molecule has 1 aromatic heterocycles. The van der Waals surface area contributed by atoms with Gasteiger partial charge < -0.3 is 9.80 Å². The third-order valence-corrected chi connectivity index (χ3v) is 6.77. The van der Waals surface area contributed by atoms with E-state index in [1.54, 1.807) is 21.6 Å². The summed E-state index contributed by atoms with van der Waals surface area (Å²) in [5.41, 5.74) is 4.78. The first-order chi connectivity index (χ1) is 11.8. The Balaban J connectivity index is 1.46. The molecule has 0 radical (unpaired) electrons. The minimum atomic E-state index is 0.609. The van der Waals surface area contributed by atoms with Crippen LogP contribution in [0.3, 0.4) is 0 Å². The number of thiophene rings is 1. The molecule has 1 unspecified atom stereocenters. The molecule has 0 amide bonds. The van der Waals surface area contributed by atoms with E-state index in [0.717, 1.165) is 0 Å². The number of hydrogen-bond acceptors (Lipinski definition) is 3. The van der Waals surface area contributed by atoms with E-state index < -0.39 is 0 Å². The van der Waals surface area contributed by atoms with Gasteiger partial charge in [-0.2, -0.15) is 0 Å². The van der Waals surface area contributed by atoms with Crippen molar-refractivity contribution in [3.63, 3.8) is 0 Å². The number of piperazine rings is 1. The van der Waals surface area contributed by atoms with Crippen molar-refractivity contribution in [1.82, 2.24) is 9.80 Å². The van der Waals surface area contributed by atoms with Crippen LogP contribution in [0, 0.1) is 0 Å². The van der Waals surface area contributed by atoms with Crippen molar-refractivity contribution in [1.29, 1.82) is 0 Å². The van der Waals surface area contributed by atoms with Gasteiger partial charge in [0.1, 0.15) is 0 Å². The molecule has 128 valence electrons. The van der Waals surface area contributed by atoms with E-state index in [-0.39, 0.29) is 0 Å². The fraction of sp³-hybridized carbons (Fsp3) is 0.524. The van der Waals surface area contributed by atoms with Crippen LogP contribution >= 0.6 is 11.3 Å².